The number of carbonyl (C=O) groups excluding carboxylic acids is 1. The second kappa shape index (κ2) is 8.98. The van der Waals surface area contributed by atoms with Crippen LogP contribution in [0.25, 0.3) is 11.0 Å². The van der Waals surface area contributed by atoms with Crippen molar-refractivity contribution in [3.05, 3.63) is 58.9 Å². The second-order valence-corrected chi connectivity index (χ2v) is 9.47. The van der Waals surface area contributed by atoms with Crippen molar-refractivity contribution in [2.75, 3.05) is 19.7 Å². The molecule has 0 radical (unpaired) electrons. The number of benzene rings is 2. The Hall–Kier alpha value is -2.80. The molecule has 3 aromatic rings. The third-order valence-electron chi connectivity index (χ3n) is 5.38. The summed E-state index contributed by atoms with van der Waals surface area (Å²) in [6.45, 7) is 7.36. The minimum absolute atomic E-state index is 0.160. The molecule has 2 heterocycles. The van der Waals surface area contributed by atoms with E-state index >= 15 is 0 Å². The Labute approximate surface area is 191 Å². The lowest BCUT2D eigenvalue weighted by atomic mass is 10.1. The zero-order chi connectivity index (χ0) is 22.9. The van der Waals surface area contributed by atoms with Crippen molar-refractivity contribution in [1.29, 1.82) is 0 Å². The highest BCUT2D eigenvalue weighted by molar-refractivity contribution is 6.31. The monoisotopic (exact) mass is 459 g/mol. The van der Waals surface area contributed by atoms with Crippen molar-refractivity contribution in [1.82, 2.24) is 14.5 Å². The largest absolute Gasteiger partial charge is 0.464 e. The van der Waals surface area contributed by atoms with Crippen LogP contribution in [0.4, 0.5) is 9.18 Å². The number of hydrogen-bond acceptors (Lipinski definition) is 4. The van der Waals surface area contributed by atoms with Gasteiger partial charge in [-0.1, -0.05) is 29.8 Å². The molecule has 4 rings (SSSR count). The van der Waals surface area contributed by atoms with E-state index in [1.807, 2.05) is 49.6 Å². The fourth-order valence-electron chi connectivity index (χ4n) is 3.81. The van der Waals surface area contributed by atoms with E-state index in [1.165, 1.54) is 6.07 Å². The van der Waals surface area contributed by atoms with E-state index in [1.54, 1.807) is 17.0 Å². The summed E-state index contributed by atoms with van der Waals surface area (Å²) in [5.41, 5.74) is 1.46. The summed E-state index contributed by atoms with van der Waals surface area (Å²) in [5.74, 6) is -0.210. The molecule has 1 amide bonds. The third kappa shape index (κ3) is 4.99. The van der Waals surface area contributed by atoms with Crippen molar-refractivity contribution >= 4 is 28.7 Å². The first-order valence-electron chi connectivity index (χ1n) is 10.7. The van der Waals surface area contributed by atoms with E-state index in [2.05, 4.69) is 4.98 Å². The quantitative estimate of drug-likeness (QED) is 0.504. The lowest BCUT2D eigenvalue weighted by Gasteiger charge is -2.24. The topological polar surface area (TPSA) is 56.6 Å². The van der Waals surface area contributed by atoms with Crippen molar-refractivity contribution in [2.24, 2.45) is 5.92 Å². The van der Waals surface area contributed by atoms with Gasteiger partial charge < -0.3 is 14.4 Å². The molecule has 0 spiro atoms. The predicted octanol–water partition coefficient (Wildman–Crippen LogP) is 5.51. The van der Waals surface area contributed by atoms with E-state index < -0.39 is 5.60 Å². The van der Waals surface area contributed by atoms with Gasteiger partial charge in [-0.2, -0.15) is 4.98 Å². The molecular formula is C24H27ClFN3O3. The zero-order valence-corrected chi connectivity index (χ0v) is 19.2. The van der Waals surface area contributed by atoms with Crippen LogP contribution in [0.5, 0.6) is 6.01 Å². The summed E-state index contributed by atoms with van der Waals surface area (Å²) in [5, 5.41) is 0.359. The van der Waals surface area contributed by atoms with Gasteiger partial charge in [0.25, 0.3) is 6.01 Å². The number of likely N-dealkylation sites (tertiary alicyclic amines) is 1. The molecule has 1 aliphatic heterocycles. The molecule has 2 aromatic carbocycles. The number of aromatic nitrogens is 2. The molecule has 0 saturated carbocycles. The zero-order valence-electron chi connectivity index (χ0n) is 18.5. The Morgan fingerprint density at radius 3 is 2.75 bits per heavy atom. The fraction of sp³-hybridized carbons (Fsp3) is 0.417. The van der Waals surface area contributed by atoms with Crippen molar-refractivity contribution in [2.45, 2.75) is 39.3 Å². The normalized spacial score (nSPS) is 16.5. The average Bonchev–Trinajstić information content (AvgIpc) is 3.33. The number of rotatable bonds is 5. The van der Waals surface area contributed by atoms with E-state index in [0.717, 1.165) is 17.5 Å². The highest BCUT2D eigenvalue weighted by Crippen LogP contribution is 2.28. The van der Waals surface area contributed by atoms with Gasteiger partial charge >= 0.3 is 6.09 Å². The maximum absolute atomic E-state index is 14.4. The lowest BCUT2D eigenvalue weighted by Crippen LogP contribution is -2.35. The van der Waals surface area contributed by atoms with Gasteiger partial charge in [-0.05, 0) is 51.5 Å². The van der Waals surface area contributed by atoms with E-state index in [4.69, 9.17) is 21.1 Å². The number of halogens is 2. The molecule has 170 valence electrons. The van der Waals surface area contributed by atoms with Gasteiger partial charge in [0, 0.05) is 29.6 Å². The molecule has 1 atom stereocenters. The summed E-state index contributed by atoms with van der Waals surface area (Å²) < 4.78 is 27.8. The smallest absolute Gasteiger partial charge is 0.410 e. The van der Waals surface area contributed by atoms with Gasteiger partial charge in [-0.15, -0.1) is 0 Å². The molecule has 1 saturated heterocycles. The van der Waals surface area contributed by atoms with Gasteiger partial charge in [0.1, 0.15) is 11.4 Å². The number of para-hydroxylation sites is 2. The molecule has 6 nitrogen and oxygen atoms in total. The summed E-state index contributed by atoms with van der Waals surface area (Å²) in [6, 6.07) is 12.7. The summed E-state index contributed by atoms with van der Waals surface area (Å²) >= 11 is 6.26. The number of imidazole rings is 1. The molecule has 8 heteroatoms. The van der Waals surface area contributed by atoms with Crippen molar-refractivity contribution < 1.29 is 18.7 Å². The Bertz CT molecular complexity index is 1110. The van der Waals surface area contributed by atoms with Gasteiger partial charge in [-0.3, -0.25) is 4.57 Å². The second-order valence-electron chi connectivity index (χ2n) is 9.06. The highest BCUT2D eigenvalue weighted by Gasteiger charge is 2.30. The molecule has 32 heavy (non-hydrogen) atoms. The van der Waals surface area contributed by atoms with Crippen LogP contribution in [0.3, 0.4) is 0 Å². The SMILES string of the molecule is CC(C)(C)OC(=O)N1CC[C@@H](COc2nc3ccccc3n2Cc2c(F)cccc2Cl)C1. The first-order valence-corrected chi connectivity index (χ1v) is 11.1. The molecule has 1 aliphatic rings. The first kappa shape index (κ1) is 22.4. The molecule has 0 aliphatic carbocycles. The van der Waals surface area contributed by atoms with Crippen molar-refractivity contribution in [3.63, 3.8) is 0 Å². The molecule has 1 aromatic heterocycles. The number of nitrogens with zero attached hydrogens (tertiary/aromatic N) is 3. The number of amides is 1. The van der Waals surface area contributed by atoms with Crippen LogP contribution in [-0.4, -0.2) is 45.8 Å². The number of carbonyl (C=O) groups is 1. The fourth-order valence-corrected chi connectivity index (χ4v) is 4.03. The first-order chi connectivity index (χ1) is 15.2. The maximum atomic E-state index is 14.4. The number of ether oxygens (including phenoxy) is 2. The standard InChI is InChI=1S/C24H27ClFN3O3/c1-24(2,3)32-23(30)28-12-11-16(13-28)15-31-22-27-20-9-4-5-10-21(20)29(22)14-17-18(25)7-6-8-19(17)26/h4-10,16H,11-15H2,1-3H3/t16-/m1/s1. The Morgan fingerprint density at radius 2 is 2.00 bits per heavy atom. The molecule has 1 fully saturated rings. The van der Waals surface area contributed by atoms with E-state index in [9.17, 15) is 9.18 Å². The molecular weight excluding hydrogens is 433 g/mol. The summed E-state index contributed by atoms with van der Waals surface area (Å²) in [4.78, 5) is 18.6. The van der Waals surface area contributed by atoms with Gasteiger partial charge in [-0.25, -0.2) is 9.18 Å². The summed E-state index contributed by atoms with van der Waals surface area (Å²) in [6.07, 6.45) is 0.514. The Kier molecular flexibility index (Phi) is 6.29. The highest BCUT2D eigenvalue weighted by atomic mass is 35.5. The van der Waals surface area contributed by atoms with Crippen LogP contribution in [0.1, 0.15) is 32.8 Å². The van der Waals surface area contributed by atoms with Gasteiger partial charge in [0.05, 0.1) is 24.2 Å². The van der Waals surface area contributed by atoms with Crippen LogP contribution in [-0.2, 0) is 11.3 Å². The maximum Gasteiger partial charge on any atom is 0.410 e. The molecule has 0 bridgehead atoms. The average molecular weight is 460 g/mol. The molecule has 0 unspecified atom stereocenters. The van der Waals surface area contributed by atoms with Crippen LogP contribution < -0.4 is 4.74 Å². The predicted molar refractivity (Wildman–Crippen MR) is 122 cm³/mol. The number of hydrogen-bond donors (Lipinski definition) is 0. The van der Waals surface area contributed by atoms with Gasteiger partial charge in [0.15, 0.2) is 0 Å². The minimum atomic E-state index is -0.523. The van der Waals surface area contributed by atoms with Crippen LogP contribution in [0, 0.1) is 11.7 Å². The number of fused-ring (bicyclic) bond motifs is 1. The lowest BCUT2D eigenvalue weighted by molar-refractivity contribution is 0.0284. The third-order valence-corrected chi connectivity index (χ3v) is 5.74. The van der Waals surface area contributed by atoms with E-state index in [-0.39, 0.29) is 24.4 Å². The minimum Gasteiger partial charge on any atom is -0.464 e. The van der Waals surface area contributed by atoms with Gasteiger partial charge in [0.2, 0.25) is 0 Å². The molecule has 0 N–H and O–H groups in total. The van der Waals surface area contributed by atoms with Crippen molar-refractivity contribution in [3.8, 4) is 6.01 Å². The Balaban J connectivity index is 1.49. The summed E-state index contributed by atoms with van der Waals surface area (Å²) in [7, 11) is 0. The van der Waals surface area contributed by atoms with Crippen LogP contribution in [0.2, 0.25) is 5.02 Å². The van der Waals surface area contributed by atoms with Crippen LogP contribution in [0.15, 0.2) is 42.5 Å². The van der Waals surface area contributed by atoms with E-state index in [0.29, 0.717) is 36.3 Å². The van der Waals surface area contributed by atoms with Crippen LogP contribution >= 0.6 is 11.6 Å². The Morgan fingerprint density at radius 1 is 1.22 bits per heavy atom.